The minimum atomic E-state index is -0.877. The number of carbonyl (C=O) groups is 1. The molecule has 19 heavy (non-hydrogen) atoms. The zero-order valence-electron chi connectivity index (χ0n) is 11.5. The van der Waals surface area contributed by atoms with Gasteiger partial charge in [0.15, 0.2) is 0 Å². The maximum absolute atomic E-state index is 11.1. The maximum Gasteiger partial charge on any atom is 0.312 e. The molecule has 0 amide bonds. The van der Waals surface area contributed by atoms with Gasteiger partial charge in [-0.25, -0.2) is 4.98 Å². The number of carboxylic acid groups (broad SMARTS) is 1. The molecule has 100 valence electrons. The standard InChI is InChI=1S/C15H17NO3/c1-8-5-6-12(19-4)14-13(8)9(2)7-11(16-14)10(3)15(17)18/h5-7,10H,1-4H3,(H,17,18). The Hall–Kier alpha value is -2.10. The lowest BCUT2D eigenvalue weighted by Gasteiger charge is -2.13. The molecule has 0 spiro atoms. The minimum Gasteiger partial charge on any atom is -0.494 e. The van der Waals surface area contributed by atoms with Crippen molar-refractivity contribution >= 4 is 16.9 Å². The Balaban J connectivity index is 2.77. The number of benzene rings is 1. The van der Waals surface area contributed by atoms with Gasteiger partial charge in [0.25, 0.3) is 0 Å². The van der Waals surface area contributed by atoms with Crippen molar-refractivity contribution in [2.45, 2.75) is 26.7 Å². The molecular weight excluding hydrogens is 242 g/mol. The van der Waals surface area contributed by atoms with Crippen molar-refractivity contribution in [1.29, 1.82) is 0 Å². The van der Waals surface area contributed by atoms with Crippen LogP contribution in [0, 0.1) is 13.8 Å². The van der Waals surface area contributed by atoms with E-state index in [-0.39, 0.29) is 0 Å². The molecule has 0 bridgehead atoms. The first-order valence-corrected chi connectivity index (χ1v) is 6.13. The zero-order valence-corrected chi connectivity index (χ0v) is 11.5. The van der Waals surface area contributed by atoms with E-state index in [1.54, 1.807) is 14.0 Å². The number of methoxy groups -OCH3 is 1. The fourth-order valence-corrected chi connectivity index (χ4v) is 2.25. The summed E-state index contributed by atoms with van der Waals surface area (Å²) in [5.41, 5.74) is 3.41. The number of pyridine rings is 1. The van der Waals surface area contributed by atoms with Crippen molar-refractivity contribution < 1.29 is 14.6 Å². The second kappa shape index (κ2) is 4.88. The van der Waals surface area contributed by atoms with Crippen molar-refractivity contribution in [3.8, 4) is 5.75 Å². The molecular formula is C15H17NO3. The molecule has 2 aromatic rings. The van der Waals surface area contributed by atoms with Gasteiger partial charge < -0.3 is 9.84 Å². The first kappa shape index (κ1) is 13.3. The van der Waals surface area contributed by atoms with Gasteiger partial charge in [0, 0.05) is 5.39 Å². The maximum atomic E-state index is 11.1. The highest BCUT2D eigenvalue weighted by Crippen LogP contribution is 2.31. The fourth-order valence-electron chi connectivity index (χ4n) is 2.25. The van der Waals surface area contributed by atoms with Crippen molar-refractivity contribution in [1.82, 2.24) is 4.98 Å². The Morgan fingerprint density at radius 2 is 2.00 bits per heavy atom. The molecule has 4 heteroatoms. The second-order valence-corrected chi connectivity index (χ2v) is 4.73. The molecule has 1 N–H and O–H groups in total. The number of rotatable bonds is 3. The highest BCUT2D eigenvalue weighted by atomic mass is 16.5. The third kappa shape index (κ3) is 2.26. The van der Waals surface area contributed by atoms with E-state index in [1.165, 1.54) is 0 Å². The molecule has 1 unspecified atom stereocenters. The summed E-state index contributed by atoms with van der Waals surface area (Å²) in [7, 11) is 1.59. The number of aromatic nitrogens is 1. The molecule has 1 aromatic carbocycles. The molecule has 0 radical (unpaired) electrons. The first-order chi connectivity index (χ1) is 8.95. The van der Waals surface area contributed by atoms with E-state index < -0.39 is 11.9 Å². The van der Waals surface area contributed by atoms with Crippen molar-refractivity contribution in [3.05, 3.63) is 35.0 Å². The van der Waals surface area contributed by atoms with Gasteiger partial charge in [-0.15, -0.1) is 0 Å². The second-order valence-electron chi connectivity index (χ2n) is 4.73. The summed E-state index contributed by atoms with van der Waals surface area (Å²) < 4.78 is 5.32. The summed E-state index contributed by atoms with van der Waals surface area (Å²) in [5, 5.41) is 10.1. The van der Waals surface area contributed by atoms with E-state index in [2.05, 4.69) is 4.98 Å². The smallest absolute Gasteiger partial charge is 0.312 e. The number of hydrogen-bond acceptors (Lipinski definition) is 3. The molecule has 2 rings (SSSR count). The quantitative estimate of drug-likeness (QED) is 0.920. The van der Waals surface area contributed by atoms with E-state index >= 15 is 0 Å². The SMILES string of the molecule is COc1ccc(C)c2c(C)cc(C(C)C(=O)O)nc12. The first-order valence-electron chi connectivity index (χ1n) is 6.13. The number of nitrogens with zero attached hydrogens (tertiary/aromatic N) is 1. The van der Waals surface area contributed by atoms with E-state index in [1.807, 2.05) is 32.0 Å². The van der Waals surface area contributed by atoms with Crippen LogP contribution >= 0.6 is 0 Å². The van der Waals surface area contributed by atoms with Gasteiger partial charge in [-0.2, -0.15) is 0 Å². The van der Waals surface area contributed by atoms with Crippen molar-refractivity contribution in [2.24, 2.45) is 0 Å². The predicted octanol–water partition coefficient (Wildman–Crippen LogP) is 3.05. The van der Waals surface area contributed by atoms with Crippen LogP contribution in [0.15, 0.2) is 18.2 Å². The van der Waals surface area contributed by atoms with Gasteiger partial charge in [0.1, 0.15) is 11.3 Å². The third-order valence-electron chi connectivity index (χ3n) is 3.38. The van der Waals surface area contributed by atoms with Crippen LogP contribution in [0.3, 0.4) is 0 Å². The van der Waals surface area contributed by atoms with Gasteiger partial charge >= 0.3 is 5.97 Å². The van der Waals surface area contributed by atoms with Crippen LogP contribution < -0.4 is 4.74 Å². The summed E-state index contributed by atoms with van der Waals surface area (Å²) in [4.78, 5) is 15.6. The average molecular weight is 259 g/mol. The molecule has 4 nitrogen and oxygen atoms in total. The van der Waals surface area contributed by atoms with Crippen molar-refractivity contribution in [2.75, 3.05) is 7.11 Å². The van der Waals surface area contributed by atoms with Crippen LogP contribution in [0.5, 0.6) is 5.75 Å². The van der Waals surface area contributed by atoms with Gasteiger partial charge in [-0.1, -0.05) is 6.07 Å². The van der Waals surface area contributed by atoms with Gasteiger partial charge in [0.2, 0.25) is 0 Å². The summed E-state index contributed by atoms with van der Waals surface area (Å²) >= 11 is 0. The van der Waals surface area contributed by atoms with E-state index in [0.717, 1.165) is 22.0 Å². The van der Waals surface area contributed by atoms with Crippen LogP contribution in [0.4, 0.5) is 0 Å². The fraction of sp³-hybridized carbons (Fsp3) is 0.333. The lowest BCUT2D eigenvalue weighted by Crippen LogP contribution is -2.10. The zero-order chi connectivity index (χ0) is 14.2. The monoisotopic (exact) mass is 259 g/mol. The Bertz CT molecular complexity index is 649. The molecule has 0 aliphatic carbocycles. The van der Waals surface area contributed by atoms with Crippen LogP contribution in [0.2, 0.25) is 0 Å². The average Bonchev–Trinajstić information content (AvgIpc) is 2.37. The number of carboxylic acids is 1. The summed E-state index contributed by atoms with van der Waals surface area (Å²) in [6.45, 7) is 5.61. The summed E-state index contributed by atoms with van der Waals surface area (Å²) in [5.74, 6) is -0.839. The normalized spacial score (nSPS) is 12.4. The van der Waals surface area contributed by atoms with Gasteiger partial charge in [-0.3, -0.25) is 4.79 Å². The minimum absolute atomic E-state index is 0.557. The molecule has 0 fully saturated rings. The third-order valence-corrected chi connectivity index (χ3v) is 3.38. The highest BCUT2D eigenvalue weighted by molar-refractivity contribution is 5.91. The van der Waals surface area contributed by atoms with Gasteiger partial charge in [-0.05, 0) is 44.0 Å². The Morgan fingerprint density at radius 3 is 2.58 bits per heavy atom. The number of aryl methyl sites for hydroxylation is 2. The Kier molecular flexibility index (Phi) is 3.42. The molecule has 0 aliphatic heterocycles. The van der Waals surface area contributed by atoms with Crippen LogP contribution in [-0.2, 0) is 4.79 Å². The van der Waals surface area contributed by atoms with Crippen LogP contribution in [-0.4, -0.2) is 23.2 Å². The van der Waals surface area contributed by atoms with E-state index in [4.69, 9.17) is 9.84 Å². The Labute approximate surface area is 112 Å². The number of hydrogen-bond donors (Lipinski definition) is 1. The number of fused-ring (bicyclic) bond motifs is 1. The Morgan fingerprint density at radius 1 is 1.32 bits per heavy atom. The topological polar surface area (TPSA) is 59.4 Å². The molecule has 1 heterocycles. The molecule has 0 aliphatic rings. The number of aliphatic carboxylic acids is 1. The van der Waals surface area contributed by atoms with E-state index in [0.29, 0.717) is 11.4 Å². The van der Waals surface area contributed by atoms with Crippen LogP contribution in [0.25, 0.3) is 10.9 Å². The van der Waals surface area contributed by atoms with Crippen LogP contribution in [0.1, 0.15) is 29.7 Å². The molecule has 0 saturated carbocycles. The number of ether oxygens (including phenoxy) is 1. The molecule has 1 aromatic heterocycles. The van der Waals surface area contributed by atoms with Gasteiger partial charge in [0.05, 0.1) is 18.7 Å². The molecule has 0 saturated heterocycles. The summed E-state index contributed by atoms with van der Waals surface area (Å²) in [6.07, 6.45) is 0. The predicted molar refractivity (Wildman–Crippen MR) is 73.8 cm³/mol. The molecule has 1 atom stereocenters. The summed E-state index contributed by atoms with van der Waals surface area (Å²) in [6, 6.07) is 5.68. The highest BCUT2D eigenvalue weighted by Gasteiger charge is 2.18. The van der Waals surface area contributed by atoms with Crippen molar-refractivity contribution in [3.63, 3.8) is 0 Å². The van der Waals surface area contributed by atoms with E-state index in [9.17, 15) is 4.79 Å². The lowest BCUT2D eigenvalue weighted by atomic mass is 9.99. The lowest BCUT2D eigenvalue weighted by molar-refractivity contribution is -0.138. The largest absolute Gasteiger partial charge is 0.494 e.